The summed E-state index contributed by atoms with van der Waals surface area (Å²) in [5.74, 6) is 0. The van der Waals surface area contributed by atoms with Gasteiger partial charge in [0.15, 0.2) is 5.58 Å². The molecule has 0 N–H and O–H groups in total. The van der Waals surface area contributed by atoms with Gasteiger partial charge in [0.1, 0.15) is 5.58 Å². The summed E-state index contributed by atoms with van der Waals surface area (Å²) in [5, 5.41) is 9.54. The van der Waals surface area contributed by atoms with Gasteiger partial charge in [-0.3, -0.25) is 0 Å². The Bertz CT molecular complexity index is 2870. The predicted octanol–water partition coefficient (Wildman–Crippen LogP) is 13.8. The summed E-state index contributed by atoms with van der Waals surface area (Å²) < 4.78 is 6.98. The fraction of sp³-hybridized carbons (Fsp3) is 0. The molecule has 0 spiro atoms. The lowest BCUT2D eigenvalue weighted by molar-refractivity contribution is 0.670. The van der Waals surface area contributed by atoms with Crippen LogP contribution in [0.2, 0.25) is 0 Å². The molecule has 10 rings (SSSR count). The molecule has 0 fully saturated rings. The molecule has 234 valence electrons. The topological polar surface area (TPSA) is 16.4 Å². The Balaban J connectivity index is 1.22. The summed E-state index contributed by atoms with van der Waals surface area (Å²) in [6.45, 7) is 0. The highest BCUT2D eigenvalue weighted by atomic mass is 16.3. The highest BCUT2D eigenvalue weighted by molar-refractivity contribution is 6.17. The van der Waals surface area contributed by atoms with Crippen molar-refractivity contribution in [3.8, 4) is 22.3 Å². The molecule has 0 aliphatic carbocycles. The largest absolute Gasteiger partial charge is 0.453 e. The Morgan fingerprint density at radius 1 is 0.320 bits per heavy atom. The van der Waals surface area contributed by atoms with E-state index in [2.05, 4.69) is 193 Å². The Labute approximate surface area is 290 Å². The van der Waals surface area contributed by atoms with Gasteiger partial charge in [-0.15, -0.1) is 0 Å². The third-order valence-corrected chi connectivity index (χ3v) is 10.0. The molecule has 0 bridgehead atoms. The van der Waals surface area contributed by atoms with Crippen LogP contribution >= 0.6 is 0 Å². The van der Waals surface area contributed by atoms with E-state index in [1.165, 1.54) is 43.4 Å². The molecule has 2 heteroatoms. The van der Waals surface area contributed by atoms with E-state index in [0.29, 0.717) is 0 Å². The number of para-hydroxylation sites is 2. The average molecular weight is 638 g/mol. The SMILES string of the molecule is c1ccc(-c2cccc3c2oc2c(N(c4ccc(-c5ccc6ccccc6c5)cc4)c4cc5ccccc5c5ccccc45)cccc23)cc1. The standard InChI is InChI=1S/C48H31NO/c1-2-13-34(14-3-1)40-20-10-21-43-44-22-11-23-45(48(44)50-47(40)43)49(46-31-37-16-6-7-17-39(37)41-18-8-9-19-42(41)46)38-28-26-33(27-29-38)36-25-24-32-12-4-5-15-35(32)30-36/h1-31H. The van der Waals surface area contributed by atoms with Crippen molar-refractivity contribution >= 4 is 71.3 Å². The van der Waals surface area contributed by atoms with E-state index in [9.17, 15) is 0 Å². The van der Waals surface area contributed by atoms with Crippen LogP contribution in [0.25, 0.3) is 76.5 Å². The molecule has 0 amide bonds. The lowest BCUT2D eigenvalue weighted by Crippen LogP contribution is -2.11. The fourth-order valence-corrected chi connectivity index (χ4v) is 7.63. The van der Waals surface area contributed by atoms with Crippen LogP contribution in [0.15, 0.2) is 192 Å². The van der Waals surface area contributed by atoms with E-state index in [0.717, 1.165) is 50.1 Å². The van der Waals surface area contributed by atoms with Gasteiger partial charge in [0.2, 0.25) is 0 Å². The zero-order valence-corrected chi connectivity index (χ0v) is 27.3. The number of nitrogens with zero attached hydrogens (tertiary/aromatic N) is 1. The zero-order chi connectivity index (χ0) is 33.0. The van der Waals surface area contributed by atoms with Crippen molar-refractivity contribution in [2.24, 2.45) is 0 Å². The number of hydrogen-bond donors (Lipinski definition) is 0. The van der Waals surface area contributed by atoms with Crippen molar-refractivity contribution in [3.05, 3.63) is 188 Å². The molecule has 0 aliphatic heterocycles. The number of benzene rings is 9. The number of rotatable bonds is 5. The van der Waals surface area contributed by atoms with Gasteiger partial charge in [-0.1, -0.05) is 158 Å². The molecule has 0 atom stereocenters. The molecule has 0 unspecified atom stereocenters. The Morgan fingerprint density at radius 3 is 1.76 bits per heavy atom. The van der Waals surface area contributed by atoms with Crippen LogP contribution in [0, 0.1) is 0 Å². The van der Waals surface area contributed by atoms with Crippen LogP contribution in [0.1, 0.15) is 0 Å². The molecule has 0 radical (unpaired) electrons. The van der Waals surface area contributed by atoms with Crippen molar-refractivity contribution in [2.45, 2.75) is 0 Å². The van der Waals surface area contributed by atoms with Gasteiger partial charge in [-0.25, -0.2) is 0 Å². The molecular formula is C48H31NO. The predicted molar refractivity (Wildman–Crippen MR) is 212 cm³/mol. The molecule has 2 nitrogen and oxygen atoms in total. The molecule has 1 aromatic heterocycles. The van der Waals surface area contributed by atoms with Crippen LogP contribution < -0.4 is 4.90 Å². The number of anilines is 3. The first-order valence-corrected chi connectivity index (χ1v) is 17.1. The smallest absolute Gasteiger partial charge is 0.159 e. The van der Waals surface area contributed by atoms with Gasteiger partial charge < -0.3 is 9.32 Å². The Kier molecular flexibility index (Phi) is 6.53. The van der Waals surface area contributed by atoms with Crippen molar-refractivity contribution < 1.29 is 4.42 Å². The third-order valence-electron chi connectivity index (χ3n) is 10.0. The lowest BCUT2D eigenvalue weighted by Gasteiger charge is -2.27. The summed E-state index contributed by atoms with van der Waals surface area (Å²) in [7, 11) is 0. The molecule has 1 heterocycles. The number of furan rings is 1. The lowest BCUT2D eigenvalue weighted by atomic mass is 9.98. The maximum atomic E-state index is 6.98. The maximum Gasteiger partial charge on any atom is 0.159 e. The summed E-state index contributed by atoms with van der Waals surface area (Å²) >= 11 is 0. The highest BCUT2D eigenvalue weighted by Crippen LogP contribution is 2.47. The van der Waals surface area contributed by atoms with Gasteiger partial charge >= 0.3 is 0 Å². The summed E-state index contributed by atoms with van der Waals surface area (Å²) in [4.78, 5) is 2.38. The Hall–Kier alpha value is -6.64. The van der Waals surface area contributed by atoms with Gasteiger partial charge in [0.25, 0.3) is 0 Å². The molecule has 9 aromatic carbocycles. The second kappa shape index (κ2) is 11.5. The maximum absolute atomic E-state index is 6.98. The quantitative estimate of drug-likeness (QED) is 0.175. The molecule has 50 heavy (non-hydrogen) atoms. The van der Waals surface area contributed by atoms with Gasteiger partial charge in [-0.05, 0) is 74.0 Å². The van der Waals surface area contributed by atoms with Gasteiger partial charge in [-0.2, -0.15) is 0 Å². The molecule has 0 aliphatic rings. The molecular weight excluding hydrogens is 607 g/mol. The first kappa shape index (κ1) is 28.4. The minimum Gasteiger partial charge on any atom is -0.453 e. The minimum atomic E-state index is 0.863. The van der Waals surface area contributed by atoms with Crippen LogP contribution in [0.4, 0.5) is 17.1 Å². The number of hydrogen-bond acceptors (Lipinski definition) is 2. The Morgan fingerprint density at radius 2 is 0.940 bits per heavy atom. The summed E-state index contributed by atoms with van der Waals surface area (Å²) in [5.41, 5.74) is 9.53. The van der Waals surface area contributed by atoms with E-state index >= 15 is 0 Å². The van der Waals surface area contributed by atoms with Crippen LogP contribution in [-0.4, -0.2) is 0 Å². The van der Waals surface area contributed by atoms with E-state index in [1.807, 2.05) is 0 Å². The van der Waals surface area contributed by atoms with Crippen molar-refractivity contribution in [1.82, 2.24) is 0 Å². The number of fused-ring (bicyclic) bond motifs is 7. The molecule has 10 aromatic rings. The van der Waals surface area contributed by atoms with E-state index < -0.39 is 0 Å². The van der Waals surface area contributed by atoms with E-state index in [1.54, 1.807) is 0 Å². The third kappa shape index (κ3) is 4.57. The second-order valence-electron chi connectivity index (χ2n) is 12.9. The summed E-state index contributed by atoms with van der Waals surface area (Å²) in [6, 6.07) is 67.4. The van der Waals surface area contributed by atoms with E-state index in [-0.39, 0.29) is 0 Å². The fourth-order valence-electron chi connectivity index (χ4n) is 7.63. The second-order valence-corrected chi connectivity index (χ2v) is 12.9. The normalized spacial score (nSPS) is 11.6. The van der Waals surface area contributed by atoms with Gasteiger partial charge in [0, 0.05) is 27.4 Å². The minimum absolute atomic E-state index is 0.863. The van der Waals surface area contributed by atoms with Crippen LogP contribution in [0.5, 0.6) is 0 Å². The first-order valence-electron chi connectivity index (χ1n) is 17.1. The summed E-state index contributed by atoms with van der Waals surface area (Å²) in [6.07, 6.45) is 0. The molecule has 0 saturated heterocycles. The molecule has 0 saturated carbocycles. The first-order chi connectivity index (χ1) is 24.8. The van der Waals surface area contributed by atoms with Crippen LogP contribution in [0.3, 0.4) is 0 Å². The van der Waals surface area contributed by atoms with Crippen molar-refractivity contribution in [2.75, 3.05) is 4.90 Å². The zero-order valence-electron chi connectivity index (χ0n) is 27.3. The van der Waals surface area contributed by atoms with E-state index in [4.69, 9.17) is 4.42 Å². The van der Waals surface area contributed by atoms with Crippen molar-refractivity contribution in [1.29, 1.82) is 0 Å². The van der Waals surface area contributed by atoms with Crippen LogP contribution in [-0.2, 0) is 0 Å². The highest BCUT2D eigenvalue weighted by Gasteiger charge is 2.23. The van der Waals surface area contributed by atoms with Gasteiger partial charge in [0.05, 0.1) is 11.4 Å². The average Bonchev–Trinajstić information content (AvgIpc) is 3.58. The monoisotopic (exact) mass is 637 g/mol. The van der Waals surface area contributed by atoms with Crippen molar-refractivity contribution in [3.63, 3.8) is 0 Å².